The molecule has 1 aromatic carbocycles. The topological polar surface area (TPSA) is 51.2 Å². The highest BCUT2D eigenvalue weighted by molar-refractivity contribution is 7.13. The Bertz CT molecular complexity index is 816. The molecular weight excluding hydrogens is 320 g/mol. The van der Waals surface area contributed by atoms with E-state index in [2.05, 4.69) is 10.3 Å². The largest absolute Gasteiger partial charge is 0.484 e. The third kappa shape index (κ3) is 4.00. The van der Waals surface area contributed by atoms with Crippen molar-refractivity contribution in [3.63, 3.8) is 0 Å². The van der Waals surface area contributed by atoms with E-state index in [9.17, 15) is 4.79 Å². The summed E-state index contributed by atoms with van der Waals surface area (Å²) in [7, 11) is 0. The molecule has 0 spiro atoms. The second-order valence-corrected chi connectivity index (χ2v) is 6.27. The SMILES string of the molecule is Cc1ccccc1OCC(=O)NCc1cccnc1-c1cccs1. The molecule has 3 rings (SSSR count). The van der Waals surface area contributed by atoms with Gasteiger partial charge in [-0.05, 0) is 41.6 Å². The van der Waals surface area contributed by atoms with Crippen LogP contribution < -0.4 is 10.1 Å². The zero-order valence-corrected chi connectivity index (χ0v) is 14.2. The van der Waals surface area contributed by atoms with Crippen molar-refractivity contribution in [1.82, 2.24) is 10.3 Å². The fourth-order valence-electron chi connectivity index (χ4n) is 2.32. The van der Waals surface area contributed by atoms with Gasteiger partial charge in [-0.25, -0.2) is 0 Å². The number of rotatable bonds is 6. The Morgan fingerprint density at radius 1 is 1.17 bits per heavy atom. The van der Waals surface area contributed by atoms with Crippen LogP contribution in [0, 0.1) is 6.92 Å². The zero-order valence-electron chi connectivity index (χ0n) is 13.4. The van der Waals surface area contributed by atoms with Crippen LogP contribution in [0.1, 0.15) is 11.1 Å². The lowest BCUT2D eigenvalue weighted by atomic mass is 10.1. The molecular formula is C19H18N2O2S. The summed E-state index contributed by atoms with van der Waals surface area (Å²) in [5.41, 5.74) is 2.91. The number of carbonyl (C=O) groups is 1. The van der Waals surface area contributed by atoms with Gasteiger partial charge in [-0.2, -0.15) is 0 Å². The standard InChI is InChI=1S/C19H18N2O2S/c1-14-6-2-3-8-16(14)23-13-18(22)21-12-15-7-4-10-20-19(15)17-9-5-11-24-17/h2-11H,12-13H2,1H3,(H,21,22). The van der Waals surface area contributed by atoms with Crippen LogP contribution in [0.5, 0.6) is 5.75 Å². The van der Waals surface area contributed by atoms with Crippen LogP contribution in [0.2, 0.25) is 0 Å². The predicted molar refractivity (Wildman–Crippen MR) is 96.1 cm³/mol. The normalized spacial score (nSPS) is 10.4. The number of para-hydroxylation sites is 1. The number of carbonyl (C=O) groups excluding carboxylic acids is 1. The Hall–Kier alpha value is -2.66. The van der Waals surface area contributed by atoms with E-state index in [4.69, 9.17) is 4.74 Å². The number of hydrogen-bond acceptors (Lipinski definition) is 4. The number of ether oxygens (including phenoxy) is 1. The van der Waals surface area contributed by atoms with Crippen LogP contribution in [-0.2, 0) is 11.3 Å². The first-order chi connectivity index (χ1) is 11.7. The highest BCUT2D eigenvalue weighted by Gasteiger charge is 2.09. The molecule has 24 heavy (non-hydrogen) atoms. The fourth-order valence-corrected chi connectivity index (χ4v) is 3.08. The molecule has 0 fully saturated rings. The molecule has 2 aromatic heterocycles. The Kier molecular flexibility index (Phi) is 5.23. The predicted octanol–water partition coefficient (Wildman–Crippen LogP) is 3.81. The summed E-state index contributed by atoms with van der Waals surface area (Å²) in [6.45, 7) is 2.38. The number of nitrogens with zero attached hydrogens (tertiary/aromatic N) is 1. The summed E-state index contributed by atoms with van der Waals surface area (Å²) in [4.78, 5) is 17.6. The van der Waals surface area contributed by atoms with Crippen LogP contribution >= 0.6 is 11.3 Å². The quantitative estimate of drug-likeness (QED) is 0.743. The summed E-state index contributed by atoms with van der Waals surface area (Å²) in [6, 6.07) is 15.5. The Balaban J connectivity index is 1.58. The molecule has 4 nitrogen and oxygen atoms in total. The monoisotopic (exact) mass is 338 g/mol. The van der Waals surface area contributed by atoms with Crippen LogP contribution in [0.25, 0.3) is 10.6 Å². The molecule has 0 aliphatic rings. The molecule has 2 heterocycles. The minimum Gasteiger partial charge on any atom is -0.484 e. The van der Waals surface area contributed by atoms with E-state index in [0.29, 0.717) is 6.54 Å². The van der Waals surface area contributed by atoms with Gasteiger partial charge in [-0.15, -0.1) is 11.3 Å². The smallest absolute Gasteiger partial charge is 0.258 e. The highest BCUT2D eigenvalue weighted by Crippen LogP contribution is 2.25. The van der Waals surface area contributed by atoms with Crippen molar-refractivity contribution in [2.45, 2.75) is 13.5 Å². The second kappa shape index (κ2) is 7.75. The lowest BCUT2D eigenvalue weighted by Crippen LogP contribution is -2.28. The average Bonchev–Trinajstić information content (AvgIpc) is 3.14. The van der Waals surface area contributed by atoms with Gasteiger partial charge >= 0.3 is 0 Å². The molecule has 0 bridgehead atoms. The first kappa shape index (κ1) is 16.2. The van der Waals surface area contributed by atoms with Gasteiger partial charge in [0.15, 0.2) is 6.61 Å². The van der Waals surface area contributed by atoms with E-state index in [1.807, 2.05) is 60.8 Å². The molecule has 1 amide bonds. The average molecular weight is 338 g/mol. The van der Waals surface area contributed by atoms with Crippen molar-refractivity contribution in [3.05, 3.63) is 71.2 Å². The molecule has 0 aliphatic heterocycles. The van der Waals surface area contributed by atoms with E-state index in [1.165, 1.54) is 0 Å². The fraction of sp³-hybridized carbons (Fsp3) is 0.158. The Morgan fingerprint density at radius 2 is 2.04 bits per heavy atom. The summed E-state index contributed by atoms with van der Waals surface area (Å²) < 4.78 is 5.56. The maximum atomic E-state index is 12.0. The molecule has 0 saturated heterocycles. The van der Waals surface area contributed by atoms with Crippen molar-refractivity contribution >= 4 is 17.2 Å². The number of pyridine rings is 1. The molecule has 0 unspecified atom stereocenters. The lowest BCUT2D eigenvalue weighted by Gasteiger charge is -2.11. The molecule has 1 N–H and O–H groups in total. The van der Waals surface area contributed by atoms with Crippen LogP contribution in [0.3, 0.4) is 0 Å². The summed E-state index contributed by atoms with van der Waals surface area (Å²) >= 11 is 1.63. The van der Waals surface area contributed by atoms with Crippen molar-refractivity contribution in [2.24, 2.45) is 0 Å². The van der Waals surface area contributed by atoms with Crippen molar-refractivity contribution in [1.29, 1.82) is 0 Å². The van der Waals surface area contributed by atoms with Crippen molar-refractivity contribution in [2.75, 3.05) is 6.61 Å². The second-order valence-electron chi connectivity index (χ2n) is 5.32. The Labute approximate surface area is 145 Å². The van der Waals surface area contributed by atoms with Crippen molar-refractivity contribution < 1.29 is 9.53 Å². The number of benzene rings is 1. The molecule has 0 radical (unpaired) electrons. The van der Waals surface area contributed by atoms with Gasteiger partial charge in [-0.1, -0.05) is 30.3 Å². The number of hydrogen-bond donors (Lipinski definition) is 1. The van der Waals surface area contributed by atoms with Crippen LogP contribution in [0.15, 0.2) is 60.1 Å². The third-order valence-electron chi connectivity index (χ3n) is 3.57. The number of aromatic nitrogens is 1. The van der Waals surface area contributed by atoms with Crippen LogP contribution in [-0.4, -0.2) is 17.5 Å². The third-order valence-corrected chi connectivity index (χ3v) is 4.45. The molecule has 3 aromatic rings. The maximum absolute atomic E-state index is 12.0. The van der Waals surface area contributed by atoms with Gasteiger partial charge in [0.25, 0.3) is 5.91 Å². The number of thiophene rings is 1. The minimum absolute atomic E-state index is 0.000545. The number of nitrogens with one attached hydrogen (secondary N) is 1. The zero-order chi connectivity index (χ0) is 16.8. The van der Waals surface area contributed by atoms with Gasteiger partial charge in [0.05, 0.1) is 10.6 Å². The Morgan fingerprint density at radius 3 is 2.83 bits per heavy atom. The summed E-state index contributed by atoms with van der Waals surface area (Å²) in [5, 5.41) is 4.91. The van der Waals surface area contributed by atoms with Crippen LogP contribution in [0.4, 0.5) is 0 Å². The number of amides is 1. The summed E-state index contributed by atoms with van der Waals surface area (Å²) in [5.74, 6) is 0.576. The summed E-state index contributed by atoms with van der Waals surface area (Å²) in [6.07, 6.45) is 1.77. The van der Waals surface area contributed by atoms with Gasteiger partial charge < -0.3 is 10.1 Å². The van der Waals surface area contributed by atoms with Crippen molar-refractivity contribution in [3.8, 4) is 16.3 Å². The lowest BCUT2D eigenvalue weighted by molar-refractivity contribution is -0.123. The van der Waals surface area contributed by atoms with E-state index in [0.717, 1.165) is 27.4 Å². The van der Waals surface area contributed by atoms with E-state index in [-0.39, 0.29) is 12.5 Å². The first-order valence-electron chi connectivity index (χ1n) is 7.67. The molecule has 122 valence electrons. The van der Waals surface area contributed by atoms with Gasteiger partial charge in [0.1, 0.15) is 5.75 Å². The van der Waals surface area contributed by atoms with Gasteiger partial charge in [0, 0.05) is 12.7 Å². The van der Waals surface area contributed by atoms with E-state index < -0.39 is 0 Å². The van der Waals surface area contributed by atoms with Gasteiger partial charge in [-0.3, -0.25) is 9.78 Å². The van der Waals surface area contributed by atoms with E-state index in [1.54, 1.807) is 17.5 Å². The van der Waals surface area contributed by atoms with E-state index >= 15 is 0 Å². The maximum Gasteiger partial charge on any atom is 0.258 e. The molecule has 0 aliphatic carbocycles. The molecule has 5 heteroatoms. The first-order valence-corrected chi connectivity index (χ1v) is 8.55. The minimum atomic E-state index is -0.153. The highest BCUT2D eigenvalue weighted by atomic mass is 32.1. The molecule has 0 saturated carbocycles. The molecule has 0 atom stereocenters. The van der Waals surface area contributed by atoms with Gasteiger partial charge in [0.2, 0.25) is 0 Å². The number of aryl methyl sites for hydroxylation is 1.